The molecule has 0 aliphatic carbocycles. The van der Waals surface area contributed by atoms with Crippen LogP contribution in [-0.2, 0) is 0 Å². The van der Waals surface area contributed by atoms with Crippen LogP contribution in [0.1, 0.15) is 0 Å². The molecule has 46 valence electrons. The first-order valence-electron chi connectivity index (χ1n) is 2.40. The molecule has 1 aliphatic heterocycles. The van der Waals surface area contributed by atoms with Gasteiger partial charge in [-0.3, -0.25) is 10.2 Å². The summed E-state index contributed by atoms with van der Waals surface area (Å²) in [6.07, 6.45) is 0. The molecule has 1 N–H and O–H groups in total. The Kier molecular flexibility index (Phi) is 1.75. The lowest BCUT2D eigenvalue weighted by Crippen LogP contribution is -2.17. The number of nitrogens with zero attached hydrogens (tertiary/aromatic N) is 2. The quantitative estimate of drug-likeness (QED) is 0.485. The molecule has 0 radical (unpaired) electrons. The molecule has 1 aliphatic rings. The third kappa shape index (κ3) is 1.14. The molecule has 0 atom stereocenters. The Morgan fingerprint density at radius 1 is 1.88 bits per heavy atom. The largest absolute Gasteiger partial charge is 0.287 e. The Labute approximate surface area is 52.4 Å². The van der Waals surface area contributed by atoms with Gasteiger partial charge in [0.1, 0.15) is 0 Å². The molecule has 3 nitrogen and oxygen atoms in total. The van der Waals surface area contributed by atoms with E-state index in [9.17, 15) is 0 Å². The van der Waals surface area contributed by atoms with Crippen molar-refractivity contribution < 1.29 is 5.21 Å². The highest BCUT2D eigenvalue weighted by molar-refractivity contribution is 8.14. The smallest absolute Gasteiger partial charge is 0.182 e. The standard InChI is InChI=1S/C4H8N2OS/c1-6(7)4-5-2-3-8-4/h7H,2-3H2,1H3. The molecular formula is C4H8N2OS. The van der Waals surface area contributed by atoms with Crippen molar-refractivity contribution in [1.29, 1.82) is 0 Å². The lowest BCUT2D eigenvalue weighted by atomic mass is 10.8. The molecular weight excluding hydrogens is 124 g/mol. The third-order valence-corrected chi connectivity index (χ3v) is 1.88. The van der Waals surface area contributed by atoms with Gasteiger partial charge in [0.05, 0.1) is 6.54 Å². The first kappa shape index (κ1) is 5.91. The maximum absolute atomic E-state index is 8.73. The van der Waals surface area contributed by atoms with Crippen LogP contribution in [0.25, 0.3) is 0 Å². The second-order valence-corrected chi connectivity index (χ2v) is 2.60. The van der Waals surface area contributed by atoms with Gasteiger partial charge in [0.15, 0.2) is 5.17 Å². The average molecular weight is 132 g/mol. The zero-order valence-electron chi connectivity index (χ0n) is 4.66. The van der Waals surface area contributed by atoms with Gasteiger partial charge in [-0.25, -0.2) is 5.06 Å². The summed E-state index contributed by atoms with van der Waals surface area (Å²) in [4.78, 5) is 3.99. The molecule has 0 saturated carbocycles. The average Bonchev–Trinajstić information content (AvgIpc) is 2.12. The van der Waals surface area contributed by atoms with Crippen molar-refractivity contribution in [3.63, 3.8) is 0 Å². The van der Waals surface area contributed by atoms with E-state index in [0.29, 0.717) is 0 Å². The van der Waals surface area contributed by atoms with Gasteiger partial charge in [0.25, 0.3) is 0 Å². The first-order valence-corrected chi connectivity index (χ1v) is 3.39. The van der Waals surface area contributed by atoms with Gasteiger partial charge >= 0.3 is 0 Å². The van der Waals surface area contributed by atoms with Gasteiger partial charge in [-0.15, -0.1) is 0 Å². The summed E-state index contributed by atoms with van der Waals surface area (Å²) in [5.41, 5.74) is 0. The Hall–Kier alpha value is -0.220. The molecule has 1 rings (SSSR count). The number of thioether (sulfide) groups is 1. The summed E-state index contributed by atoms with van der Waals surface area (Å²) in [5, 5.41) is 10.5. The summed E-state index contributed by atoms with van der Waals surface area (Å²) in [5.74, 6) is 1.00. The van der Waals surface area contributed by atoms with E-state index >= 15 is 0 Å². The van der Waals surface area contributed by atoms with E-state index in [2.05, 4.69) is 4.99 Å². The number of hydrogen-bond donors (Lipinski definition) is 1. The van der Waals surface area contributed by atoms with E-state index in [4.69, 9.17) is 5.21 Å². The SMILES string of the molecule is CN(O)C1=NCCS1. The number of rotatable bonds is 0. The van der Waals surface area contributed by atoms with Crippen LogP contribution >= 0.6 is 11.8 Å². The maximum Gasteiger partial charge on any atom is 0.182 e. The minimum Gasteiger partial charge on any atom is -0.287 e. The van der Waals surface area contributed by atoms with E-state index in [-0.39, 0.29) is 0 Å². The minimum absolute atomic E-state index is 0.727. The molecule has 0 bridgehead atoms. The van der Waals surface area contributed by atoms with Crippen LogP contribution in [0, 0.1) is 0 Å². The van der Waals surface area contributed by atoms with Crippen LogP contribution in [0.3, 0.4) is 0 Å². The zero-order valence-corrected chi connectivity index (χ0v) is 5.48. The van der Waals surface area contributed by atoms with E-state index in [1.54, 1.807) is 18.8 Å². The van der Waals surface area contributed by atoms with Crippen LogP contribution in [-0.4, -0.2) is 34.8 Å². The number of hydrogen-bond acceptors (Lipinski definition) is 4. The predicted octanol–water partition coefficient (Wildman–Crippen LogP) is 0.410. The van der Waals surface area contributed by atoms with Gasteiger partial charge in [-0.1, -0.05) is 11.8 Å². The summed E-state index contributed by atoms with van der Waals surface area (Å²) < 4.78 is 0. The highest BCUT2D eigenvalue weighted by Gasteiger charge is 2.08. The Morgan fingerprint density at radius 3 is 2.88 bits per heavy atom. The maximum atomic E-state index is 8.73. The number of aliphatic imine (C=N–C) groups is 1. The molecule has 0 unspecified atom stereocenters. The molecule has 0 saturated heterocycles. The molecule has 0 aromatic carbocycles. The van der Waals surface area contributed by atoms with Crippen LogP contribution in [0.2, 0.25) is 0 Å². The second-order valence-electron chi connectivity index (χ2n) is 1.54. The first-order chi connectivity index (χ1) is 3.80. The van der Waals surface area contributed by atoms with Gasteiger partial charge < -0.3 is 0 Å². The summed E-state index contributed by atoms with van der Waals surface area (Å²) >= 11 is 1.58. The summed E-state index contributed by atoms with van der Waals surface area (Å²) in [6, 6.07) is 0. The van der Waals surface area contributed by atoms with Crippen molar-refractivity contribution in [2.45, 2.75) is 0 Å². The Bertz CT molecular complexity index is 113. The van der Waals surface area contributed by atoms with E-state index in [1.165, 1.54) is 0 Å². The second kappa shape index (κ2) is 2.37. The van der Waals surface area contributed by atoms with Crippen LogP contribution in [0.5, 0.6) is 0 Å². The van der Waals surface area contributed by atoms with Crippen molar-refractivity contribution in [2.24, 2.45) is 4.99 Å². The highest BCUT2D eigenvalue weighted by Crippen LogP contribution is 2.11. The molecule has 0 aromatic rings. The summed E-state index contributed by atoms with van der Waals surface area (Å²) in [7, 11) is 1.58. The molecule has 0 amide bonds. The van der Waals surface area contributed by atoms with Crippen molar-refractivity contribution in [2.75, 3.05) is 19.3 Å². The number of amidine groups is 1. The fourth-order valence-corrected chi connectivity index (χ4v) is 1.25. The topological polar surface area (TPSA) is 35.8 Å². The van der Waals surface area contributed by atoms with Crippen LogP contribution in [0.15, 0.2) is 4.99 Å². The summed E-state index contributed by atoms with van der Waals surface area (Å²) in [6.45, 7) is 0.838. The molecule has 0 aromatic heterocycles. The fourth-order valence-electron chi connectivity index (χ4n) is 0.520. The van der Waals surface area contributed by atoms with E-state index in [1.807, 2.05) is 0 Å². The lowest BCUT2D eigenvalue weighted by Gasteiger charge is -2.06. The van der Waals surface area contributed by atoms with E-state index in [0.717, 1.165) is 22.5 Å². The van der Waals surface area contributed by atoms with Crippen LogP contribution in [0.4, 0.5) is 0 Å². The zero-order chi connectivity index (χ0) is 5.98. The Morgan fingerprint density at radius 2 is 2.62 bits per heavy atom. The van der Waals surface area contributed by atoms with Gasteiger partial charge in [0, 0.05) is 12.8 Å². The van der Waals surface area contributed by atoms with Gasteiger partial charge in [-0.05, 0) is 0 Å². The van der Waals surface area contributed by atoms with Gasteiger partial charge in [0.2, 0.25) is 0 Å². The predicted molar refractivity (Wildman–Crippen MR) is 34.3 cm³/mol. The molecule has 0 fully saturated rings. The Balaban J connectivity index is 2.45. The van der Waals surface area contributed by atoms with Crippen LogP contribution < -0.4 is 0 Å². The monoisotopic (exact) mass is 132 g/mol. The number of hydroxylamine groups is 2. The van der Waals surface area contributed by atoms with Crippen molar-refractivity contribution in [3.05, 3.63) is 0 Å². The minimum atomic E-state index is 0.727. The molecule has 8 heavy (non-hydrogen) atoms. The normalized spacial score (nSPS) is 18.5. The van der Waals surface area contributed by atoms with Crippen molar-refractivity contribution in [1.82, 2.24) is 5.06 Å². The lowest BCUT2D eigenvalue weighted by molar-refractivity contribution is 0.0177. The van der Waals surface area contributed by atoms with Crippen molar-refractivity contribution in [3.8, 4) is 0 Å². The molecule has 1 heterocycles. The van der Waals surface area contributed by atoms with Crippen molar-refractivity contribution >= 4 is 16.9 Å². The van der Waals surface area contributed by atoms with Gasteiger partial charge in [-0.2, -0.15) is 0 Å². The van der Waals surface area contributed by atoms with E-state index < -0.39 is 0 Å². The highest BCUT2D eigenvalue weighted by atomic mass is 32.2. The fraction of sp³-hybridized carbons (Fsp3) is 0.750. The molecule has 4 heteroatoms. The third-order valence-electron chi connectivity index (χ3n) is 0.846. The molecule has 0 spiro atoms.